The van der Waals surface area contributed by atoms with Crippen LogP contribution in [0.1, 0.15) is 12.8 Å². The molecule has 1 aliphatic heterocycles. The maximum Gasteiger partial charge on any atom is 2.00 e. The summed E-state index contributed by atoms with van der Waals surface area (Å²) in [5.74, 6) is 0.158. The van der Waals surface area contributed by atoms with E-state index in [-0.39, 0.29) is 44.3 Å². The molecule has 0 saturated carbocycles. The van der Waals surface area contributed by atoms with E-state index in [1.165, 1.54) is 0 Å². The first-order valence-corrected chi connectivity index (χ1v) is 2.85. The summed E-state index contributed by atoms with van der Waals surface area (Å²) in [5, 5.41) is 8.40. The van der Waals surface area contributed by atoms with E-state index in [1.54, 1.807) is 0 Å². The van der Waals surface area contributed by atoms with Crippen LogP contribution in [0.15, 0.2) is 4.99 Å². The summed E-state index contributed by atoms with van der Waals surface area (Å²) in [6.45, 7) is 0.533. The molecule has 0 fully saturated rings. The van der Waals surface area contributed by atoms with Crippen LogP contribution in [-0.4, -0.2) is 24.3 Å². The van der Waals surface area contributed by atoms with Gasteiger partial charge in [-0.2, -0.15) is 6.21 Å². The van der Waals surface area contributed by atoms with Gasteiger partial charge in [0.15, 0.2) is 0 Å². The van der Waals surface area contributed by atoms with Gasteiger partial charge in [0.05, 0.1) is 0 Å². The van der Waals surface area contributed by atoms with Crippen LogP contribution in [0.3, 0.4) is 0 Å². The molecule has 0 unspecified atom stereocenters. The Bertz CT molecular complexity index is 177. The number of Topliss-reactive ketones (excluding diaryl/α,β-unsaturated/α-hetero) is 1. The Morgan fingerprint density at radius 1 is 1.55 bits per heavy atom. The molecule has 0 aromatic rings. The first-order valence-electron chi connectivity index (χ1n) is 2.85. The third-order valence-corrected chi connectivity index (χ3v) is 1.23. The Balaban J connectivity index is 0. The van der Waals surface area contributed by atoms with Crippen LogP contribution in [0.2, 0.25) is 0 Å². The van der Waals surface area contributed by atoms with Crippen LogP contribution in [0.25, 0.3) is 5.41 Å². The molecule has 3 nitrogen and oxygen atoms in total. The van der Waals surface area contributed by atoms with Crippen molar-refractivity contribution < 1.29 is 35.9 Å². The quantitative estimate of drug-likeness (QED) is 0.495. The summed E-state index contributed by atoms with van der Waals surface area (Å²) in [7, 11) is 0. The smallest absolute Gasteiger partial charge is 0.809 e. The minimum atomic E-state index is 0. The van der Waals surface area contributed by atoms with Crippen LogP contribution in [-0.2, 0) is 4.79 Å². The van der Waals surface area contributed by atoms with Crippen LogP contribution in [0.5, 0.6) is 0 Å². The van der Waals surface area contributed by atoms with E-state index >= 15 is 0 Å². The molecule has 4 heteroatoms. The molecule has 0 aromatic carbocycles. The van der Waals surface area contributed by atoms with Crippen LogP contribution in [0.4, 0.5) is 0 Å². The Kier molecular flexibility index (Phi) is 8.37. The minimum absolute atomic E-state index is 0. The summed E-state index contributed by atoms with van der Waals surface area (Å²) in [6, 6.07) is 0. The molecule has 11 heavy (non-hydrogen) atoms. The van der Waals surface area contributed by atoms with Crippen LogP contribution < -0.4 is 0 Å². The number of rotatable bonds is 1. The molecule has 1 heterocycles. The maximum atomic E-state index is 10.6. The Morgan fingerprint density at radius 3 is 2.55 bits per heavy atom. The monoisotopic (exact) mass is 376 g/mol. The van der Waals surface area contributed by atoms with E-state index < -0.39 is 0 Å². The summed E-state index contributed by atoms with van der Waals surface area (Å²) in [6.07, 6.45) is 1.73. The number of nitrogens with zero attached hydrogens (tertiary/aromatic N) is 2. The second-order valence-corrected chi connectivity index (χ2v) is 1.97. The first kappa shape index (κ1) is 13.6. The van der Waals surface area contributed by atoms with Crippen molar-refractivity contribution in [3.8, 4) is 0 Å². The second kappa shape index (κ2) is 6.75. The van der Waals surface area contributed by atoms with Gasteiger partial charge in [0.1, 0.15) is 5.78 Å². The Morgan fingerprint density at radius 2 is 2.18 bits per heavy atom. The molecular formula is C7H10N2OU. The fourth-order valence-corrected chi connectivity index (χ4v) is 0.757. The van der Waals surface area contributed by atoms with E-state index in [9.17, 15) is 4.79 Å². The van der Waals surface area contributed by atoms with Crippen molar-refractivity contribution in [1.82, 2.24) is 0 Å². The van der Waals surface area contributed by atoms with E-state index in [1.807, 2.05) is 0 Å². The second-order valence-electron chi connectivity index (χ2n) is 1.97. The zero-order valence-corrected chi connectivity index (χ0v) is 10.7. The third-order valence-electron chi connectivity index (χ3n) is 1.23. The normalized spacial score (nSPS) is 15.6. The summed E-state index contributed by atoms with van der Waals surface area (Å²) in [5.41, 5.74) is 0.506. The Hall–Kier alpha value is 0.0619. The number of ketones is 1. The molecular weight excluding hydrogens is 366 g/mol. The number of carbonyl (C=O) groups is 1. The number of carbonyl (C=O) groups excluding carboxylic acids is 1. The van der Waals surface area contributed by atoms with Gasteiger partial charge in [-0.05, 0) is 0 Å². The number of hydrogen-bond acceptors (Lipinski definition) is 2. The zero-order valence-electron chi connectivity index (χ0n) is 6.50. The van der Waals surface area contributed by atoms with Crippen molar-refractivity contribution in [3.05, 3.63) is 12.8 Å². The van der Waals surface area contributed by atoms with Crippen molar-refractivity contribution in [3.63, 3.8) is 0 Å². The van der Waals surface area contributed by atoms with Gasteiger partial charge in [0, 0.05) is 25.1 Å². The fourth-order valence-electron chi connectivity index (χ4n) is 0.757. The van der Waals surface area contributed by atoms with E-state index in [2.05, 4.69) is 4.99 Å². The molecule has 0 saturated heterocycles. The number of aliphatic imine (C=N–C) groups is 1. The van der Waals surface area contributed by atoms with Crippen LogP contribution >= 0.6 is 0 Å². The molecule has 0 amide bonds. The van der Waals surface area contributed by atoms with Gasteiger partial charge < -0.3 is 12.8 Å². The van der Waals surface area contributed by atoms with Crippen molar-refractivity contribution in [1.29, 1.82) is 0 Å². The van der Waals surface area contributed by atoms with E-state index in [0.29, 0.717) is 25.1 Å². The standard InChI is InChI=1S/C6H7N2O.CH3.U/c7-4-5-3-6(9)1-2-8-5;;/h4H,1-3H2;1H3;/q2*-1;+2. The van der Waals surface area contributed by atoms with E-state index in [0.717, 1.165) is 6.21 Å². The summed E-state index contributed by atoms with van der Waals surface area (Å²) in [4.78, 5) is 14.5. The predicted octanol–water partition coefficient (Wildman–Crippen LogP) is 0.881. The molecule has 1 rings (SSSR count). The van der Waals surface area contributed by atoms with Gasteiger partial charge in [-0.3, -0.25) is 9.79 Å². The average molecular weight is 376 g/mol. The number of hydrogen-bond donors (Lipinski definition) is 0. The third kappa shape index (κ3) is 4.49. The van der Waals surface area contributed by atoms with Gasteiger partial charge in [-0.25, -0.2) is 0 Å². The topological polar surface area (TPSA) is 51.7 Å². The average Bonchev–Trinajstić information content (AvgIpc) is 1.88. The summed E-state index contributed by atoms with van der Waals surface area (Å²) < 4.78 is 0. The van der Waals surface area contributed by atoms with Crippen molar-refractivity contribution in [2.75, 3.05) is 6.54 Å². The molecule has 1 aliphatic rings. The van der Waals surface area contributed by atoms with Crippen molar-refractivity contribution >= 4 is 17.7 Å². The minimum Gasteiger partial charge on any atom is -0.809 e. The van der Waals surface area contributed by atoms with Crippen molar-refractivity contribution in [2.24, 2.45) is 4.99 Å². The SMILES string of the molecule is [CH3-].[N-]=CC1=NCCC(=O)C1.[U+2]. The molecule has 0 aromatic heterocycles. The zero-order chi connectivity index (χ0) is 6.69. The van der Waals surface area contributed by atoms with Gasteiger partial charge in [-0.15, -0.1) is 0 Å². The van der Waals surface area contributed by atoms with Gasteiger partial charge in [0.25, 0.3) is 0 Å². The maximum absolute atomic E-state index is 10.6. The first-order chi connectivity index (χ1) is 4.33. The molecule has 0 radical (unpaired) electrons. The predicted molar refractivity (Wildman–Crippen MR) is 42.4 cm³/mol. The van der Waals surface area contributed by atoms with Gasteiger partial charge in [0.2, 0.25) is 0 Å². The van der Waals surface area contributed by atoms with Gasteiger partial charge in [-0.1, -0.05) is 0 Å². The molecule has 0 N–H and O–H groups in total. The molecule has 0 atom stereocenters. The largest absolute Gasteiger partial charge is 2.00 e. The van der Waals surface area contributed by atoms with Crippen molar-refractivity contribution in [2.45, 2.75) is 12.8 Å². The Labute approximate surface area is 90.6 Å². The molecule has 0 spiro atoms. The summed E-state index contributed by atoms with van der Waals surface area (Å²) >= 11 is 0. The molecule has 0 bridgehead atoms. The van der Waals surface area contributed by atoms with Gasteiger partial charge >= 0.3 is 31.1 Å². The van der Waals surface area contributed by atoms with Crippen LogP contribution in [0, 0.1) is 38.5 Å². The molecule has 0 aliphatic carbocycles. The molecule has 58 valence electrons. The fraction of sp³-hybridized carbons (Fsp3) is 0.429. The van der Waals surface area contributed by atoms with E-state index in [4.69, 9.17) is 5.41 Å².